The van der Waals surface area contributed by atoms with Gasteiger partial charge in [-0.3, -0.25) is 4.79 Å². The molecule has 0 aromatic rings. The fourth-order valence-corrected chi connectivity index (χ4v) is 2.51. The lowest BCUT2D eigenvalue weighted by Gasteiger charge is -2.23. The average molecular weight is 226 g/mol. The number of rotatable bonds is 6. The van der Waals surface area contributed by atoms with Crippen molar-refractivity contribution in [3.05, 3.63) is 0 Å². The molecule has 3 N–H and O–H groups in total. The number of amides is 1. The van der Waals surface area contributed by atoms with E-state index in [0.29, 0.717) is 19.0 Å². The van der Waals surface area contributed by atoms with Crippen molar-refractivity contribution >= 4 is 5.91 Å². The summed E-state index contributed by atoms with van der Waals surface area (Å²) in [7, 11) is 0. The lowest BCUT2D eigenvalue weighted by Crippen LogP contribution is -2.34. The first-order valence-corrected chi connectivity index (χ1v) is 6.71. The van der Waals surface area contributed by atoms with Gasteiger partial charge in [-0.15, -0.1) is 0 Å². The summed E-state index contributed by atoms with van der Waals surface area (Å²) >= 11 is 0. The second kappa shape index (κ2) is 7.66. The predicted octanol–water partition coefficient (Wildman–Crippen LogP) is 2.20. The van der Waals surface area contributed by atoms with E-state index in [1.165, 1.54) is 38.5 Å². The standard InChI is InChI=1S/C13H26N2O/c1-11(15-13(16)9-10-14)7-8-12-5-3-2-4-6-12/h11-12H,2-10,14H2,1H3,(H,15,16). The van der Waals surface area contributed by atoms with E-state index in [1.807, 2.05) is 0 Å². The van der Waals surface area contributed by atoms with Crippen LogP contribution in [0.2, 0.25) is 0 Å². The van der Waals surface area contributed by atoms with Gasteiger partial charge < -0.3 is 11.1 Å². The highest BCUT2D eigenvalue weighted by atomic mass is 16.1. The number of hydrogen-bond donors (Lipinski definition) is 2. The third-order valence-corrected chi connectivity index (χ3v) is 3.51. The zero-order chi connectivity index (χ0) is 11.8. The van der Waals surface area contributed by atoms with Gasteiger partial charge in [0.25, 0.3) is 0 Å². The van der Waals surface area contributed by atoms with Crippen LogP contribution in [0, 0.1) is 5.92 Å². The zero-order valence-corrected chi connectivity index (χ0v) is 10.5. The molecule has 0 aliphatic heterocycles. The predicted molar refractivity (Wildman–Crippen MR) is 67.1 cm³/mol. The van der Waals surface area contributed by atoms with Crippen LogP contribution in [-0.4, -0.2) is 18.5 Å². The van der Waals surface area contributed by atoms with Gasteiger partial charge in [-0.25, -0.2) is 0 Å². The maximum absolute atomic E-state index is 11.3. The molecule has 1 atom stereocenters. The summed E-state index contributed by atoms with van der Waals surface area (Å²) in [5.41, 5.74) is 5.34. The van der Waals surface area contributed by atoms with Crippen molar-refractivity contribution in [1.82, 2.24) is 5.32 Å². The lowest BCUT2D eigenvalue weighted by atomic mass is 9.85. The molecule has 0 heterocycles. The van der Waals surface area contributed by atoms with Crippen LogP contribution in [0.25, 0.3) is 0 Å². The van der Waals surface area contributed by atoms with Crippen LogP contribution in [0.1, 0.15) is 58.3 Å². The highest BCUT2D eigenvalue weighted by Crippen LogP contribution is 2.27. The van der Waals surface area contributed by atoms with Crippen molar-refractivity contribution in [1.29, 1.82) is 0 Å². The zero-order valence-electron chi connectivity index (χ0n) is 10.5. The van der Waals surface area contributed by atoms with E-state index >= 15 is 0 Å². The summed E-state index contributed by atoms with van der Waals surface area (Å²) in [6, 6.07) is 0.306. The summed E-state index contributed by atoms with van der Waals surface area (Å²) in [6.07, 6.45) is 9.84. The number of nitrogens with two attached hydrogens (primary N) is 1. The Hall–Kier alpha value is -0.570. The summed E-state index contributed by atoms with van der Waals surface area (Å²) in [5.74, 6) is 1.00. The van der Waals surface area contributed by atoms with Crippen molar-refractivity contribution in [2.45, 2.75) is 64.3 Å². The van der Waals surface area contributed by atoms with Crippen molar-refractivity contribution in [2.75, 3.05) is 6.54 Å². The molecule has 0 aromatic carbocycles. The molecule has 1 rings (SSSR count). The Morgan fingerprint density at radius 3 is 2.69 bits per heavy atom. The molecule has 0 radical (unpaired) electrons. The molecule has 0 spiro atoms. The van der Waals surface area contributed by atoms with Crippen LogP contribution in [0.3, 0.4) is 0 Å². The monoisotopic (exact) mass is 226 g/mol. The maximum Gasteiger partial charge on any atom is 0.221 e. The minimum atomic E-state index is 0.0960. The van der Waals surface area contributed by atoms with Crippen molar-refractivity contribution < 1.29 is 4.79 Å². The Morgan fingerprint density at radius 2 is 2.06 bits per heavy atom. The van der Waals surface area contributed by atoms with E-state index in [0.717, 1.165) is 12.3 Å². The first kappa shape index (κ1) is 13.5. The molecule has 0 bridgehead atoms. The Labute approximate surface area is 99.2 Å². The lowest BCUT2D eigenvalue weighted by molar-refractivity contribution is -0.121. The number of nitrogens with one attached hydrogen (secondary N) is 1. The van der Waals surface area contributed by atoms with E-state index < -0.39 is 0 Å². The molecule has 3 heteroatoms. The van der Waals surface area contributed by atoms with Gasteiger partial charge in [0.1, 0.15) is 0 Å². The molecular weight excluding hydrogens is 200 g/mol. The van der Waals surface area contributed by atoms with Crippen molar-refractivity contribution in [3.63, 3.8) is 0 Å². The van der Waals surface area contributed by atoms with E-state index in [4.69, 9.17) is 5.73 Å². The Balaban J connectivity index is 2.08. The number of carbonyl (C=O) groups is 1. The third-order valence-electron chi connectivity index (χ3n) is 3.51. The quantitative estimate of drug-likeness (QED) is 0.729. The maximum atomic E-state index is 11.3. The van der Waals surface area contributed by atoms with Crippen LogP contribution in [0.4, 0.5) is 0 Å². The molecule has 0 aromatic heterocycles. The average Bonchev–Trinajstić information content (AvgIpc) is 2.28. The van der Waals surface area contributed by atoms with Gasteiger partial charge in [-0.2, -0.15) is 0 Å². The fourth-order valence-electron chi connectivity index (χ4n) is 2.51. The van der Waals surface area contributed by atoms with Gasteiger partial charge in [0, 0.05) is 19.0 Å². The first-order valence-electron chi connectivity index (χ1n) is 6.71. The third kappa shape index (κ3) is 5.50. The Bertz CT molecular complexity index is 200. The molecule has 1 amide bonds. The Kier molecular flexibility index (Phi) is 6.46. The van der Waals surface area contributed by atoms with Gasteiger partial charge in [-0.1, -0.05) is 32.1 Å². The summed E-state index contributed by atoms with van der Waals surface area (Å²) in [4.78, 5) is 11.3. The van der Waals surface area contributed by atoms with E-state index in [9.17, 15) is 4.79 Å². The van der Waals surface area contributed by atoms with Crippen LogP contribution in [-0.2, 0) is 4.79 Å². The SMILES string of the molecule is CC(CCC1CCCCC1)NC(=O)CCN. The second-order valence-electron chi connectivity index (χ2n) is 5.09. The van der Waals surface area contributed by atoms with Gasteiger partial charge >= 0.3 is 0 Å². The highest BCUT2D eigenvalue weighted by Gasteiger charge is 2.15. The molecule has 1 aliphatic carbocycles. The van der Waals surface area contributed by atoms with E-state index in [-0.39, 0.29) is 5.91 Å². The molecule has 1 saturated carbocycles. The minimum Gasteiger partial charge on any atom is -0.354 e. The topological polar surface area (TPSA) is 55.1 Å². The van der Waals surface area contributed by atoms with E-state index in [1.54, 1.807) is 0 Å². The van der Waals surface area contributed by atoms with Crippen LogP contribution in [0.15, 0.2) is 0 Å². The second-order valence-corrected chi connectivity index (χ2v) is 5.09. The molecule has 0 saturated heterocycles. The number of hydrogen-bond acceptors (Lipinski definition) is 2. The van der Waals surface area contributed by atoms with Crippen LogP contribution in [0.5, 0.6) is 0 Å². The molecule has 94 valence electrons. The molecular formula is C13H26N2O. The van der Waals surface area contributed by atoms with Crippen molar-refractivity contribution in [3.8, 4) is 0 Å². The van der Waals surface area contributed by atoms with Gasteiger partial charge in [0.2, 0.25) is 5.91 Å². The van der Waals surface area contributed by atoms with Gasteiger partial charge in [-0.05, 0) is 25.7 Å². The molecule has 3 nitrogen and oxygen atoms in total. The molecule has 16 heavy (non-hydrogen) atoms. The first-order chi connectivity index (χ1) is 7.72. The van der Waals surface area contributed by atoms with Crippen molar-refractivity contribution in [2.24, 2.45) is 11.7 Å². The minimum absolute atomic E-state index is 0.0960. The largest absolute Gasteiger partial charge is 0.354 e. The summed E-state index contributed by atoms with van der Waals surface area (Å²) in [6.45, 7) is 2.54. The highest BCUT2D eigenvalue weighted by molar-refractivity contribution is 5.76. The van der Waals surface area contributed by atoms with Gasteiger partial charge in [0.15, 0.2) is 0 Å². The molecule has 1 fully saturated rings. The summed E-state index contributed by atoms with van der Waals surface area (Å²) in [5, 5.41) is 3.00. The summed E-state index contributed by atoms with van der Waals surface area (Å²) < 4.78 is 0. The van der Waals surface area contributed by atoms with Crippen LogP contribution >= 0.6 is 0 Å². The smallest absolute Gasteiger partial charge is 0.221 e. The normalized spacial score (nSPS) is 19.4. The molecule has 1 unspecified atom stereocenters. The Morgan fingerprint density at radius 1 is 1.38 bits per heavy atom. The van der Waals surface area contributed by atoms with Gasteiger partial charge in [0.05, 0.1) is 0 Å². The fraction of sp³-hybridized carbons (Fsp3) is 0.923. The molecule has 1 aliphatic rings. The van der Waals surface area contributed by atoms with Crippen LogP contribution < -0.4 is 11.1 Å². The number of carbonyl (C=O) groups excluding carboxylic acids is 1. The van der Waals surface area contributed by atoms with E-state index in [2.05, 4.69) is 12.2 Å².